The zero-order valence-electron chi connectivity index (χ0n) is 14.9. The minimum atomic E-state index is -1.49. The van der Waals surface area contributed by atoms with Crippen molar-refractivity contribution in [3.05, 3.63) is 35.9 Å². The summed E-state index contributed by atoms with van der Waals surface area (Å²) < 4.78 is 16.0. The first-order chi connectivity index (χ1) is 11.6. The van der Waals surface area contributed by atoms with Gasteiger partial charge in [0.2, 0.25) is 0 Å². The molecule has 0 radical (unpaired) electrons. The smallest absolute Gasteiger partial charge is 0.328 e. The molecule has 134 valence electrons. The minimum absolute atomic E-state index is 0.193. The number of esters is 2. The average Bonchev–Trinajstić information content (AvgIpc) is 2.59. The molecule has 0 atom stereocenters. The number of benzene rings is 1. The lowest BCUT2D eigenvalue weighted by Gasteiger charge is -2.29. The number of carbonyl (C=O) groups excluding carboxylic acids is 2. The van der Waals surface area contributed by atoms with Gasteiger partial charge in [-0.05, 0) is 25.8 Å². The summed E-state index contributed by atoms with van der Waals surface area (Å²) in [5.74, 6) is -1.18. The van der Waals surface area contributed by atoms with Crippen LogP contribution < -0.4 is 0 Å². The van der Waals surface area contributed by atoms with E-state index in [1.165, 1.54) is 0 Å². The van der Waals surface area contributed by atoms with Crippen LogP contribution in [0.5, 0.6) is 0 Å². The number of rotatable bonds is 11. The van der Waals surface area contributed by atoms with Crippen LogP contribution in [-0.2, 0) is 29.2 Å². The molecule has 5 heteroatoms. The SMILES string of the molecule is CCCCOCCC(C(=O)OCC)(C(=O)OCC)c1ccccc1. The molecule has 0 fully saturated rings. The van der Waals surface area contributed by atoms with Gasteiger partial charge in [-0.2, -0.15) is 0 Å². The van der Waals surface area contributed by atoms with E-state index < -0.39 is 17.4 Å². The second-order valence-electron chi connectivity index (χ2n) is 5.43. The van der Waals surface area contributed by atoms with E-state index in [-0.39, 0.29) is 26.2 Å². The quantitative estimate of drug-likeness (QED) is 0.353. The van der Waals surface area contributed by atoms with Gasteiger partial charge in [-0.1, -0.05) is 43.7 Å². The van der Waals surface area contributed by atoms with E-state index in [0.717, 1.165) is 12.8 Å². The van der Waals surface area contributed by atoms with Crippen LogP contribution in [0, 0.1) is 0 Å². The van der Waals surface area contributed by atoms with Crippen LogP contribution in [0.3, 0.4) is 0 Å². The Labute approximate surface area is 144 Å². The van der Waals surface area contributed by atoms with E-state index in [9.17, 15) is 9.59 Å². The van der Waals surface area contributed by atoms with Gasteiger partial charge < -0.3 is 14.2 Å². The lowest BCUT2D eigenvalue weighted by molar-refractivity contribution is -0.166. The Bertz CT molecular complexity index is 480. The predicted molar refractivity (Wildman–Crippen MR) is 91.7 cm³/mol. The Balaban J connectivity index is 3.12. The molecular weight excluding hydrogens is 308 g/mol. The van der Waals surface area contributed by atoms with Crippen LogP contribution >= 0.6 is 0 Å². The van der Waals surface area contributed by atoms with Crippen molar-refractivity contribution in [2.45, 2.75) is 45.4 Å². The number of unbranched alkanes of at least 4 members (excludes halogenated alkanes) is 1. The van der Waals surface area contributed by atoms with Gasteiger partial charge in [0.05, 0.1) is 13.2 Å². The summed E-state index contributed by atoms with van der Waals surface area (Å²) in [6, 6.07) is 8.92. The van der Waals surface area contributed by atoms with E-state index in [0.29, 0.717) is 12.2 Å². The number of hydrogen-bond donors (Lipinski definition) is 0. The lowest BCUT2D eigenvalue weighted by atomic mass is 9.77. The molecule has 0 unspecified atom stereocenters. The van der Waals surface area contributed by atoms with Crippen molar-refractivity contribution in [2.24, 2.45) is 0 Å². The van der Waals surface area contributed by atoms with Crippen molar-refractivity contribution in [1.29, 1.82) is 0 Å². The molecule has 0 amide bonds. The van der Waals surface area contributed by atoms with Gasteiger partial charge in [-0.3, -0.25) is 9.59 Å². The Kier molecular flexibility index (Phi) is 9.08. The van der Waals surface area contributed by atoms with Gasteiger partial charge in [-0.25, -0.2) is 0 Å². The van der Waals surface area contributed by atoms with Gasteiger partial charge >= 0.3 is 11.9 Å². The van der Waals surface area contributed by atoms with E-state index in [1.54, 1.807) is 38.1 Å². The van der Waals surface area contributed by atoms with Crippen LogP contribution in [-0.4, -0.2) is 38.4 Å². The first-order valence-electron chi connectivity index (χ1n) is 8.61. The topological polar surface area (TPSA) is 61.8 Å². The lowest BCUT2D eigenvalue weighted by Crippen LogP contribution is -2.47. The molecule has 0 N–H and O–H groups in total. The van der Waals surface area contributed by atoms with E-state index in [1.807, 2.05) is 6.07 Å². The normalized spacial score (nSPS) is 11.1. The summed E-state index contributed by atoms with van der Waals surface area (Å²) in [7, 11) is 0. The molecule has 1 aromatic carbocycles. The Morgan fingerprint density at radius 2 is 1.50 bits per heavy atom. The largest absolute Gasteiger partial charge is 0.465 e. The van der Waals surface area contributed by atoms with Crippen molar-refractivity contribution < 1.29 is 23.8 Å². The van der Waals surface area contributed by atoms with Crippen LogP contribution in [0.1, 0.15) is 45.6 Å². The fourth-order valence-corrected chi connectivity index (χ4v) is 2.47. The molecule has 0 saturated heterocycles. The maximum Gasteiger partial charge on any atom is 0.328 e. The summed E-state index contributed by atoms with van der Waals surface area (Å²) >= 11 is 0. The molecule has 0 aliphatic rings. The molecule has 24 heavy (non-hydrogen) atoms. The first kappa shape index (κ1) is 20.2. The summed E-state index contributed by atoms with van der Waals surface area (Å²) in [4.78, 5) is 25.4. The second kappa shape index (κ2) is 10.8. The van der Waals surface area contributed by atoms with Crippen LogP contribution in [0.25, 0.3) is 0 Å². The third-order valence-corrected chi connectivity index (χ3v) is 3.78. The summed E-state index contributed by atoms with van der Waals surface area (Å²) in [6.07, 6.45) is 2.16. The Morgan fingerprint density at radius 3 is 2.00 bits per heavy atom. The number of carbonyl (C=O) groups is 2. The van der Waals surface area contributed by atoms with Crippen molar-refractivity contribution >= 4 is 11.9 Å². The molecule has 0 aliphatic carbocycles. The Morgan fingerprint density at radius 1 is 0.917 bits per heavy atom. The second-order valence-corrected chi connectivity index (χ2v) is 5.43. The highest BCUT2D eigenvalue weighted by atomic mass is 16.6. The number of ether oxygens (including phenoxy) is 3. The standard InChI is InChI=1S/C19H28O5/c1-4-7-14-22-15-13-19(17(20)23-5-2,18(21)24-6-3)16-11-9-8-10-12-16/h8-12H,4-7,13-15H2,1-3H3. The third kappa shape index (κ3) is 5.06. The maximum atomic E-state index is 12.7. The molecule has 0 spiro atoms. The number of hydrogen-bond acceptors (Lipinski definition) is 5. The van der Waals surface area contributed by atoms with Gasteiger partial charge in [0.15, 0.2) is 5.41 Å². The van der Waals surface area contributed by atoms with Crippen LogP contribution in [0.15, 0.2) is 30.3 Å². The van der Waals surface area contributed by atoms with Crippen molar-refractivity contribution in [3.8, 4) is 0 Å². The zero-order valence-corrected chi connectivity index (χ0v) is 14.9. The van der Waals surface area contributed by atoms with Gasteiger partial charge in [0.25, 0.3) is 0 Å². The summed E-state index contributed by atoms with van der Waals surface area (Å²) in [5, 5.41) is 0. The van der Waals surface area contributed by atoms with Gasteiger partial charge in [0, 0.05) is 19.6 Å². The third-order valence-electron chi connectivity index (χ3n) is 3.78. The molecule has 0 heterocycles. The molecule has 0 bridgehead atoms. The van der Waals surface area contributed by atoms with Crippen LogP contribution in [0.4, 0.5) is 0 Å². The van der Waals surface area contributed by atoms with Crippen molar-refractivity contribution in [3.63, 3.8) is 0 Å². The van der Waals surface area contributed by atoms with Crippen molar-refractivity contribution in [1.82, 2.24) is 0 Å². The molecule has 1 aromatic rings. The molecule has 1 rings (SSSR count). The highest BCUT2D eigenvalue weighted by Crippen LogP contribution is 2.32. The van der Waals surface area contributed by atoms with Crippen molar-refractivity contribution in [2.75, 3.05) is 26.4 Å². The van der Waals surface area contributed by atoms with Crippen LogP contribution in [0.2, 0.25) is 0 Å². The first-order valence-corrected chi connectivity index (χ1v) is 8.61. The van der Waals surface area contributed by atoms with E-state index >= 15 is 0 Å². The van der Waals surface area contributed by atoms with E-state index in [2.05, 4.69) is 6.92 Å². The highest BCUT2D eigenvalue weighted by molar-refractivity contribution is 6.06. The molecule has 5 nitrogen and oxygen atoms in total. The summed E-state index contributed by atoms with van der Waals surface area (Å²) in [5.41, 5.74) is -0.916. The zero-order chi connectivity index (χ0) is 17.8. The van der Waals surface area contributed by atoms with Gasteiger partial charge in [0.1, 0.15) is 0 Å². The maximum absolute atomic E-state index is 12.7. The summed E-state index contributed by atoms with van der Waals surface area (Å²) in [6.45, 7) is 6.80. The fourth-order valence-electron chi connectivity index (χ4n) is 2.47. The predicted octanol–water partition coefficient (Wildman–Crippen LogP) is 3.26. The van der Waals surface area contributed by atoms with Gasteiger partial charge in [-0.15, -0.1) is 0 Å². The molecule has 0 aromatic heterocycles. The monoisotopic (exact) mass is 336 g/mol. The molecular formula is C19H28O5. The molecule has 0 saturated carbocycles. The molecule has 0 aliphatic heterocycles. The van der Waals surface area contributed by atoms with E-state index in [4.69, 9.17) is 14.2 Å². The fraction of sp³-hybridized carbons (Fsp3) is 0.579. The highest BCUT2D eigenvalue weighted by Gasteiger charge is 2.50. The average molecular weight is 336 g/mol. The minimum Gasteiger partial charge on any atom is -0.465 e. The Hall–Kier alpha value is -1.88.